The molecule has 0 aromatic carbocycles. The molecule has 34 heavy (non-hydrogen) atoms. The van der Waals surface area contributed by atoms with Gasteiger partial charge in [0.25, 0.3) is 0 Å². The zero-order chi connectivity index (χ0) is 26.6. The standard InChI is InChI=1S/C24H40O10/c1-12-30-18-16(34-21(28)24(8,9)10)14(33-20(27)23(5,6)7)13(15(31-18)17(25)29-11)32-19(26)22(2,3)4/h13-16,18H,12H2,1-11H3. The Morgan fingerprint density at radius 3 is 1.41 bits per heavy atom. The molecule has 0 aliphatic carbocycles. The molecule has 1 aliphatic heterocycles. The normalized spacial score (nSPS) is 25.8. The van der Waals surface area contributed by atoms with Gasteiger partial charge in [-0.25, -0.2) is 4.79 Å². The van der Waals surface area contributed by atoms with Crippen LogP contribution in [0.25, 0.3) is 0 Å². The van der Waals surface area contributed by atoms with Gasteiger partial charge in [-0.05, 0) is 69.2 Å². The number of esters is 4. The molecule has 0 N–H and O–H groups in total. The maximum absolute atomic E-state index is 12.9. The Hall–Kier alpha value is -2.20. The van der Waals surface area contributed by atoms with Crippen LogP contribution in [0.2, 0.25) is 0 Å². The first-order chi connectivity index (χ1) is 15.3. The quantitative estimate of drug-likeness (QED) is 0.407. The molecule has 1 aliphatic rings. The Balaban J connectivity index is 3.63. The largest absolute Gasteiger partial charge is 0.467 e. The maximum atomic E-state index is 12.9. The molecule has 0 aromatic heterocycles. The van der Waals surface area contributed by atoms with Gasteiger partial charge in [0.1, 0.15) is 0 Å². The third-order valence-electron chi connectivity index (χ3n) is 4.83. The van der Waals surface area contributed by atoms with E-state index < -0.39 is 70.8 Å². The number of hydrogen-bond acceptors (Lipinski definition) is 10. The zero-order valence-corrected chi connectivity index (χ0v) is 22.2. The van der Waals surface area contributed by atoms with Crippen LogP contribution in [0, 0.1) is 16.2 Å². The van der Waals surface area contributed by atoms with Crippen molar-refractivity contribution >= 4 is 23.9 Å². The van der Waals surface area contributed by atoms with Crippen LogP contribution in [0.5, 0.6) is 0 Å². The molecule has 0 spiro atoms. The highest BCUT2D eigenvalue weighted by atomic mass is 16.7. The lowest BCUT2D eigenvalue weighted by Crippen LogP contribution is -2.65. The topological polar surface area (TPSA) is 124 Å². The molecule has 1 fully saturated rings. The van der Waals surface area contributed by atoms with E-state index in [1.807, 2.05) is 0 Å². The molecule has 0 aromatic rings. The van der Waals surface area contributed by atoms with Crippen LogP contribution in [-0.2, 0) is 47.6 Å². The summed E-state index contributed by atoms with van der Waals surface area (Å²) in [7, 11) is 1.14. The minimum Gasteiger partial charge on any atom is -0.467 e. The van der Waals surface area contributed by atoms with Gasteiger partial charge in [-0.1, -0.05) is 0 Å². The van der Waals surface area contributed by atoms with E-state index >= 15 is 0 Å². The van der Waals surface area contributed by atoms with Gasteiger partial charge >= 0.3 is 23.9 Å². The van der Waals surface area contributed by atoms with E-state index in [4.69, 9.17) is 28.4 Å². The van der Waals surface area contributed by atoms with Gasteiger partial charge < -0.3 is 28.4 Å². The highest BCUT2D eigenvalue weighted by molar-refractivity contribution is 5.80. The van der Waals surface area contributed by atoms with Crippen LogP contribution in [0.15, 0.2) is 0 Å². The van der Waals surface area contributed by atoms with E-state index in [2.05, 4.69) is 0 Å². The zero-order valence-electron chi connectivity index (χ0n) is 22.2. The van der Waals surface area contributed by atoms with Crippen molar-refractivity contribution in [3.63, 3.8) is 0 Å². The summed E-state index contributed by atoms with van der Waals surface area (Å²) in [6.45, 7) is 16.6. The second-order valence-corrected chi connectivity index (χ2v) is 11.3. The molecule has 5 unspecified atom stereocenters. The van der Waals surface area contributed by atoms with Gasteiger partial charge in [0.2, 0.25) is 0 Å². The lowest BCUT2D eigenvalue weighted by molar-refractivity contribution is -0.304. The molecule has 10 heteroatoms. The number of rotatable bonds is 6. The average molecular weight is 489 g/mol. The van der Waals surface area contributed by atoms with Crippen molar-refractivity contribution < 1.29 is 47.6 Å². The Morgan fingerprint density at radius 2 is 1.06 bits per heavy atom. The first kappa shape index (κ1) is 29.8. The van der Waals surface area contributed by atoms with Crippen molar-refractivity contribution in [3.05, 3.63) is 0 Å². The highest BCUT2D eigenvalue weighted by Gasteiger charge is 2.57. The van der Waals surface area contributed by atoms with Gasteiger partial charge in [0.05, 0.1) is 23.4 Å². The molecular weight excluding hydrogens is 448 g/mol. The van der Waals surface area contributed by atoms with E-state index in [-0.39, 0.29) is 6.61 Å². The Bertz CT molecular complexity index is 753. The molecule has 0 amide bonds. The minimum absolute atomic E-state index is 0.133. The van der Waals surface area contributed by atoms with Crippen molar-refractivity contribution in [2.75, 3.05) is 13.7 Å². The van der Waals surface area contributed by atoms with Crippen molar-refractivity contribution in [3.8, 4) is 0 Å². The van der Waals surface area contributed by atoms with Crippen LogP contribution in [0.3, 0.4) is 0 Å². The lowest BCUT2D eigenvalue weighted by atomic mass is 9.93. The number of carbonyl (C=O) groups is 4. The summed E-state index contributed by atoms with van der Waals surface area (Å²) in [5.41, 5.74) is -2.81. The monoisotopic (exact) mass is 488 g/mol. The SMILES string of the molecule is CCOC1OC(C(=O)OC)C(OC(=O)C(C)(C)C)C(OC(=O)C(C)(C)C)C1OC(=O)C(C)(C)C. The Kier molecular flexibility index (Phi) is 9.68. The summed E-state index contributed by atoms with van der Waals surface area (Å²) in [6, 6.07) is 0. The van der Waals surface area contributed by atoms with Crippen LogP contribution in [0.1, 0.15) is 69.2 Å². The fourth-order valence-corrected chi connectivity index (χ4v) is 2.70. The van der Waals surface area contributed by atoms with Crippen molar-refractivity contribution in [2.45, 2.75) is 99.9 Å². The molecule has 0 saturated carbocycles. The maximum Gasteiger partial charge on any atom is 0.339 e. The first-order valence-electron chi connectivity index (χ1n) is 11.3. The predicted octanol–water partition coefficient (Wildman–Crippen LogP) is 2.79. The molecule has 1 heterocycles. The number of methoxy groups -OCH3 is 1. The van der Waals surface area contributed by atoms with Crippen molar-refractivity contribution in [1.29, 1.82) is 0 Å². The molecular formula is C24H40O10. The molecule has 0 radical (unpaired) electrons. The van der Waals surface area contributed by atoms with Crippen LogP contribution >= 0.6 is 0 Å². The Morgan fingerprint density at radius 1 is 0.676 bits per heavy atom. The third-order valence-corrected chi connectivity index (χ3v) is 4.83. The first-order valence-corrected chi connectivity index (χ1v) is 11.3. The second-order valence-electron chi connectivity index (χ2n) is 11.3. The fourth-order valence-electron chi connectivity index (χ4n) is 2.70. The smallest absolute Gasteiger partial charge is 0.339 e. The second kappa shape index (κ2) is 11.0. The number of ether oxygens (including phenoxy) is 6. The van der Waals surface area contributed by atoms with Gasteiger partial charge in [0, 0.05) is 6.61 Å². The highest BCUT2D eigenvalue weighted by Crippen LogP contribution is 2.34. The molecule has 1 rings (SSSR count). The average Bonchev–Trinajstić information content (AvgIpc) is 2.68. The summed E-state index contributed by atoms with van der Waals surface area (Å²) in [5, 5.41) is 0. The van der Waals surface area contributed by atoms with E-state index in [1.54, 1.807) is 69.2 Å². The third kappa shape index (κ3) is 7.66. The number of carbonyl (C=O) groups excluding carboxylic acids is 4. The van der Waals surface area contributed by atoms with Gasteiger partial charge in [-0.2, -0.15) is 0 Å². The fraction of sp³-hybridized carbons (Fsp3) is 0.833. The molecule has 0 bridgehead atoms. The Labute approximate surface area is 201 Å². The van der Waals surface area contributed by atoms with Crippen molar-refractivity contribution in [1.82, 2.24) is 0 Å². The van der Waals surface area contributed by atoms with Crippen LogP contribution in [0.4, 0.5) is 0 Å². The van der Waals surface area contributed by atoms with E-state index in [0.717, 1.165) is 7.11 Å². The summed E-state index contributed by atoms with van der Waals surface area (Å²) in [5.74, 6) is -2.83. The number of hydrogen-bond donors (Lipinski definition) is 0. The summed E-state index contributed by atoms with van der Waals surface area (Å²) < 4.78 is 33.3. The van der Waals surface area contributed by atoms with E-state index in [1.165, 1.54) is 0 Å². The van der Waals surface area contributed by atoms with Gasteiger partial charge in [0.15, 0.2) is 30.7 Å². The molecule has 1 saturated heterocycles. The summed E-state index contributed by atoms with van der Waals surface area (Å²) >= 11 is 0. The molecule has 196 valence electrons. The molecule has 5 atom stereocenters. The van der Waals surface area contributed by atoms with Crippen LogP contribution < -0.4 is 0 Å². The predicted molar refractivity (Wildman–Crippen MR) is 120 cm³/mol. The van der Waals surface area contributed by atoms with Crippen LogP contribution in [-0.4, -0.2) is 68.3 Å². The summed E-state index contributed by atoms with van der Waals surface area (Å²) in [6.07, 6.45) is -6.96. The van der Waals surface area contributed by atoms with Gasteiger partial charge in [-0.3, -0.25) is 14.4 Å². The lowest BCUT2D eigenvalue weighted by Gasteiger charge is -2.44. The minimum atomic E-state index is -1.49. The van der Waals surface area contributed by atoms with E-state index in [9.17, 15) is 19.2 Å². The molecule has 10 nitrogen and oxygen atoms in total. The van der Waals surface area contributed by atoms with Gasteiger partial charge in [-0.15, -0.1) is 0 Å². The summed E-state index contributed by atoms with van der Waals surface area (Å²) in [4.78, 5) is 51.1. The van der Waals surface area contributed by atoms with Crippen molar-refractivity contribution in [2.24, 2.45) is 16.2 Å². The van der Waals surface area contributed by atoms with E-state index in [0.29, 0.717) is 0 Å².